The van der Waals surface area contributed by atoms with E-state index in [2.05, 4.69) is 5.32 Å². The Kier molecular flexibility index (Phi) is 4.78. The van der Waals surface area contributed by atoms with Crippen LogP contribution in [0.3, 0.4) is 0 Å². The van der Waals surface area contributed by atoms with Crippen LogP contribution in [0.5, 0.6) is 11.5 Å². The van der Waals surface area contributed by atoms with Gasteiger partial charge in [0, 0.05) is 11.3 Å². The van der Waals surface area contributed by atoms with Crippen molar-refractivity contribution >= 4 is 17.3 Å². The third-order valence-corrected chi connectivity index (χ3v) is 5.06. The predicted octanol–water partition coefficient (Wildman–Crippen LogP) is 2.89. The van der Waals surface area contributed by atoms with Gasteiger partial charge in [-0.05, 0) is 30.2 Å². The van der Waals surface area contributed by atoms with Crippen molar-refractivity contribution in [1.29, 1.82) is 0 Å². The maximum Gasteiger partial charge on any atom is 0.200 e. The molecule has 6 nitrogen and oxygen atoms in total. The molecule has 0 fully saturated rings. The summed E-state index contributed by atoms with van der Waals surface area (Å²) in [6, 6.07) is 16.2. The van der Waals surface area contributed by atoms with Crippen LogP contribution in [0, 0.1) is 0 Å². The molecule has 3 aromatic rings. The number of aliphatic hydroxyl groups excluding tert-OH is 1. The molecule has 6 heteroatoms. The third kappa shape index (κ3) is 3.23. The molecule has 1 atom stereocenters. The van der Waals surface area contributed by atoms with Crippen LogP contribution in [0.4, 0.5) is 5.69 Å². The third-order valence-electron chi connectivity index (χ3n) is 5.06. The zero-order chi connectivity index (χ0) is 20.5. The van der Waals surface area contributed by atoms with Crippen molar-refractivity contribution in [1.82, 2.24) is 0 Å². The number of fused-ring (bicyclic) bond motifs is 2. The van der Waals surface area contributed by atoms with E-state index in [-0.39, 0.29) is 40.4 Å². The van der Waals surface area contributed by atoms with Crippen LogP contribution in [0.1, 0.15) is 37.4 Å². The zero-order valence-electron chi connectivity index (χ0n) is 15.4. The van der Waals surface area contributed by atoms with Crippen LogP contribution in [-0.2, 0) is 6.42 Å². The van der Waals surface area contributed by atoms with Crippen LogP contribution >= 0.6 is 0 Å². The molecule has 146 valence electrons. The molecular weight excluding hydrogens is 370 g/mol. The second-order valence-electron chi connectivity index (χ2n) is 6.95. The fraction of sp³-hybridized carbons (Fsp3) is 0.130. The summed E-state index contributed by atoms with van der Waals surface area (Å²) in [5.74, 6) is -1.68. The summed E-state index contributed by atoms with van der Waals surface area (Å²) in [5, 5.41) is 33.4. The highest BCUT2D eigenvalue weighted by Crippen LogP contribution is 2.39. The van der Waals surface area contributed by atoms with Crippen molar-refractivity contribution in [3.63, 3.8) is 0 Å². The minimum absolute atomic E-state index is 0.00416. The molecule has 1 aliphatic rings. The lowest BCUT2D eigenvalue weighted by Crippen LogP contribution is -2.29. The van der Waals surface area contributed by atoms with E-state index in [4.69, 9.17) is 0 Å². The van der Waals surface area contributed by atoms with Gasteiger partial charge >= 0.3 is 0 Å². The molecule has 0 radical (unpaired) electrons. The summed E-state index contributed by atoms with van der Waals surface area (Å²) in [5.41, 5.74) is 1.18. The second kappa shape index (κ2) is 7.41. The Morgan fingerprint density at radius 2 is 1.48 bits per heavy atom. The number of anilines is 1. The molecule has 0 saturated heterocycles. The largest absolute Gasteiger partial charge is 0.507 e. The van der Waals surface area contributed by atoms with Gasteiger partial charge in [0.25, 0.3) is 0 Å². The van der Waals surface area contributed by atoms with E-state index >= 15 is 0 Å². The predicted molar refractivity (Wildman–Crippen MR) is 108 cm³/mol. The Morgan fingerprint density at radius 3 is 2.21 bits per heavy atom. The lowest BCUT2D eigenvalue weighted by atomic mass is 9.82. The van der Waals surface area contributed by atoms with Crippen LogP contribution in [0.15, 0.2) is 60.7 Å². The average Bonchev–Trinajstić information content (AvgIpc) is 2.73. The Bertz CT molecular complexity index is 1110. The van der Waals surface area contributed by atoms with Gasteiger partial charge in [-0.1, -0.05) is 42.5 Å². The quantitative estimate of drug-likeness (QED) is 0.391. The SMILES string of the molecule is O=C1c2cccc(O)c2C(=O)c2c(N[C@H](CO)Cc3ccccc3)ccc(O)c21. The molecular formula is C23H19NO5. The highest BCUT2D eigenvalue weighted by atomic mass is 16.3. The molecule has 0 amide bonds. The number of phenolic OH excluding ortho intramolecular Hbond substituents is 2. The van der Waals surface area contributed by atoms with Gasteiger partial charge in [0.15, 0.2) is 11.6 Å². The van der Waals surface area contributed by atoms with Crippen molar-refractivity contribution in [2.45, 2.75) is 12.5 Å². The number of aromatic hydroxyl groups is 2. The molecule has 0 aromatic heterocycles. The summed E-state index contributed by atoms with van der Waals surface area (Å²) in [4.78, 5) is 26.1. The highest BCUT2D eigenvalue weighted by Gasteiger charge is 2.36. The summed E-state index contributed by atoms with van der Waals surface area (Å²) in [7, 11) is 0. The van der Waals surface area contributed by atoms with E-state index < -0.39 is 17.6 Å². The number of carbonyl (C=O) groups excluding carboxylic acids is 2. The van der Waals surface area contributed by atoms with Gasteiger partial charge in [0.05, 0.1) is 29.3 Å². The van der Waals surface area contributed by atoms with Crippen molar-refractivity contribution in [3.05, 3.63) is 88.5 Å². The molecule has 0 unspecified atom stereocenters. The highest BCUT2D eigenvalue weighted by molar-refractivity contribution is 6.31. The average molecular weight is 389 g/mol. The zero-order valence-corrected chi connectivity index (χ0v) is 15.4. The van der Waals surface area contributed by atoms with Gasteiger partial charge in [-0.3, -0.25) is 9.59 Å². The van der Waals surface area contributed by atoms with Crippen molar-refractivity contribution in [3.8, 4) is 11.5 Å². The van der Waals surface area contributed by atoms with Crippen LogP contribution in [-0.4, -0.2) is 39.5 Å². The van der Waals surface area contributed by atoms with Gasteiger partial charge < -0.3 is 20.6 Å². The normalized spacial score (nSPS) is 13.6. The number of hydrogen-bond acceptors (Lipinski definition) is 6. The molecule has 4 N–H and O–H groups in total. The lowest BCUT2D eigenvalue weighted by molar-refractivity contribution is 0.0974. The minimum atomic E-state index is -0.553. The maximum absolute atomic E-state index is 13.1. The first-order valence-corrected chi connectivity index (χ1v) is 9.20. The number of phenols is 2. The monoisotopic (exact) mass is 389 g/mol. The fourth-order valence-electron chi connectivity index (χ4n) is 3.69. The van der Waals surface area contributed by atoms with E-state index in [0.29, 0.717) is 12.1 Å². The smallest absolute Gasteiger partial charge is 0.200 e. The number of carbonyl (C=O) groups is 2. The van der Waals surface area contributed by atoms with E-state index in [9.17, 15) is 24.9 Å². The second-order valence-corrected chi connectivity index (χ2v) is 6.95. The molecule has 0 heterocycles. The van der Waals surface area contributed by atoms with Crippen molar-refractivity contribution < 1.29 is 24.9 Å². The van der Waals surface area contributed by atoms with Crippen molar-refractivity contribution in [2.75, 3.05) is 11.9 Å². The number of hydrogen-bond donors (Lipinski definition) is 4. The summed E-state index contributed by atoms with van der Waals surface area (Å²) in [6.45, 7) is -0.200. The van der Waals surface area contributed by atoms with Crippen LogP contribution in [0.2, 0.25) is 0 Å². The molecule has 0 bridgehead atoms. The summed E-state index contributed by atoms with van der Waals surface area (Å²) < 4.78 is 0. The standard InChI is InChI=1S/C23H19NO5/c25-12-14(11-13-5-2-1-3-6-13)24-16-9-10-18(27)21-20(16)23(29)19-15(22(21)28)7-4-8-17(19)26/h1-10,14,24-27H,11-12H2/t14-/m0/s1. The Morgan fingerprint density at radius 1 is 0.759 bits per heavy atom. The van der Waals surface area contributed by atoms with Crippen LogP contribution < -0.4 is 5.32 Å². The molecule has 0 aliphatic heterocycles. The molecule has 4 rings (SSSR count). The van der Waals surface area contributed by atoms with Crippen molar-refractivity contribution in [2.24, 2.45) is 0 Å². The van der Waals surface area contributed by atoms with Gasteiger partial charge in [-0.15, -0.1) is 0 Å². The van der Waals surface area contributed by atoms with Gasteiger partial charge in [-0.25, -0.2) is 0 Å². The Hall–Kier alpha value is -3.64. The maximum atomic E-state index is 13.1. The van der Waals surface area contributed by atoms with E-state index in [1.807, 2.05) is 30.3 Å². The van der Waals surface area contributed by atoms with E-state index in [0.717, 1.165) is 5.56 Å². The Balaban J connectivity index is 1.76. The summed E-state index contributed by atoms with van der Waals surface area (Å²) >= 11 is 0. The van der Waals surface area contributed by atoms with Gasteiger partial charge in [-0.2, -0.15) is 0 Å². The van der Waals surface area contributed by atoms with Gasteiger partial charge in [0.2, 0.25) is 0 Å². The fourth-order valence-corrected chi connectivity index (χ4v) is 3.69. The molecule has 29 heavy (non-hydrogen) atoms. The Labute approximate surface area is 167 Å². The number of benzene rings is 3. The molecule has 3 aromatic carbocycles. The number of rotatable bonds is 5. The lowest BCUT2D eigenvalue weighted by Gasteiger charge is -2.25. The summed E-state index contributed by atoms with van der Waals surface area (Å²) in [6.07, 6.45) is 0.497. The van der Waals surface area contributed by atoms with E-state index in [1.54, 1.807) is 0 Å². The van der Waals surface area contributed by atoms with E-state index in [1.165, 1.54) is 30.3 Å². The first-order valence-electron chi connectivity index (χ1n) is 9.20. The first-order chi connectivity index (χ1) is 14.0. The molecule has 0 saturated carbocycles. The number of nitrogens with one attached hydrogen (secondary N) is 1. The first kappa shape index (κ1) is 18.7. The number of ketones is 2. The topological polar surface area (TPSA) is 107 Å². The number of aliphatic hydroxyl groups is 1. The van der Waals surface area contributed by atoms with Gasteiger partial charge in [0.1, 0.15) is 11.5 Å². The molecule has 0 spiro atoms. The van der Waals surface area contributed by atoms with Crippen LogP contribution in [0.25, 0.3) is 0 Å². The minimum Gasteiger partial charge on any atom is -0.507 e. The molecule has 1 aliphatic carbocycles.